The van der Waals surface area contributed by atoms with Gasteiger partial charge in [0, 0.05) is 10.4 Å². The Morgan fingerprint density at radius 2 is 2.40 bits per heavy atom. The van der Waals surface area contributed by atoms with Crippen LogP contribution in [-0.2, 0) is 11.2 Å². The van der Waals surface area contributed by atoms with Gasteiger partial charge in [-0.15, -0.1) is 11.3 Å². The minimum Gasteiger partial charge on any atom is -0.481 e. The van der Waals surface area contributed by atoms with Crippen molar-refractivity contribution in [1.82, 2.24) is 0 Å². The van der Waals surface area contributed by atoms with Gasteiger partial charge in [-0.25, -0.2) is 0 Å². The van der Waals surface area contributed by atoms with Crippen LogP contribution < -0.4 is 5.73 Å². The Labute approximate surface area is 91.4 Å². The molecule has 0 aromatic carbocycles. The third kappa shape index (κ3) is 1.52. The van der Waals surface area contributed by atoms with Crippen LogP contribution in [0.3, 0.4) is 0 Å². The molecule has 4 nitrogen and oxygen atoms in total. The number of anilines is 1. The minimum atomic E-state index is -0.793. The van der Waals surface area contributed by atoms with Gasteiger partial charge >= 0.3 is 5.97 Å². The molecule has 0 aliphatic heterocycles. The van der Waals surface area contributed by atoms with E-state index in [2.05, 4.69) is 11.7 Å². The highest BCUT2D eigenvalue weighted by Gasteiger charge is 2.31. The first kappa shape index (κ1) is 10.2. The Morgan fingerprint density at radius 1 is 1.67 bits per heavy atom. The lowest BCUT2D eigenvalue weighted by Gasteiger charge is -2.19. The lowest BCUT2D eigenvalue weighted by atomic mass is 9.87. The number of carbonyl (C=O) groups is 1. The van der Waals surface area contributed by atoms with Gasteiger partial charge in [0.25, 0.3) is 0 Å². The highest BCUT2D eigenvalue weighted by atomic mass is 32.1. The van der Waals surface area contributed by atoms with Gasteiger partial charge in [-0.2, -0.15) is 0 Å². The molecule has 1 aliphatic rings. The fourth-order valence-electron chi connectivity index (χ4n) is 2.07. The number of aliphatic imine (C=N–C) groups is 1. The molecule has 5 heteroatoms. The summed E-state index contributed by atoms with van der Waals surface area (Å²) < 4.78 is 0. The number of hydrogen-bond donors (Lipinski definition) is 2. The third-order valence-electron chi connectivity index (χ3n) is 2.72. The number of thiophene rings is 1. The number of rotatable bonds is 2. The van der Waals surface area contributed by atoms with Gasteiger partial charge in [0.15, 0.2) is 0 Å². The van der Waals surface area contributed by atoms with E-state index in [9.17, 15) is 4.79 Å². The summed E-state index contributed by atoms with van der Waals surface area (Å²) in [6.45, 7) is 3.45. The van der Waals surface area contributed by atoms with E-state index in [1.807, 2.05) is 0 Å². The lowest BCUT2D eigenvalue weighted by Crippen LogP contribution is -2.16. The van der Waals surface area contributed by atoms with Gasteiger partial charge in [0.05, 0.1) is 5.92 Å². The van der Waals surface area contributed by atoms with Crippen molar-refractivity contribution in [2.75, 3.05) is 5.73 Å². The van der Waals surface area contributed by atoms with Gasteiger partial charge in [-0.1, -0.05) is 0 Å². The number of nitrogens with zero attached hydrogens (tertiary/aromatic N) is 1. The summed E-state index contributed by atoms with van der Waals surface area (Å²) in [5.41, 5.74) is 7.17. The summed E-state index contributed by atoms with van der Waals surface area (Å²) in [4.78, 5) is 16.0. The van der Waals surface area contributed by atoms with Crippen LogP contribution in [0.2, 0.25) is 0 Å². The maximum atomic E-state index is 11.1. The monoisotopic (exact) mass is 224 g/mol. The van der Waals surface area contributed by atoms with Crippen LogP contribution in [-0.4, -0.2) is 17.8 Å². The molecule has 80 valence electrons. The van der Waals surface area contributed by atoms with Gasteiger partial charge in [0.1, 0.15) is 10.7 Å². The van der Waals surface area contributed by atoms with Crippen LogP contribution in [0, 0.1) is 0 Å². The summed E-state index contributed by atoms with van der Waals surface area (Å²) in [7, 11) is 0. The molecule has 0 amide bonds. The molecule has 0 fully saturated rings. The number of hydrogen-bond acceptors (Lipinski definition) is 4. The first-order valence-corrected chi connectivity index (χ1v) is 5.57. The highest BCUT2D eigenvalue weighted by Crippen LogP contribution is 2.46. The second kappa shape index (κ2) is 3.66. The summed E-state index contributed by atoms with van der Waals surface area (Å²) in [5, 5.41) is 9.70. The summed E-state index contributed by atoms with van der Waals surface area (Å²) in [6, 6.07) is 0. The molecular weight excluding hydrogens is 212 g/mol. The number of aliphatic carboxylic acids is 1. The fraction of sp³-hybridized carbons (Fsp3) is 0.400. The summed E-state index contributed by atoms with van der Waals surface area (Å²) >= 11 is 1.44. The Kier molecular flexibility index (Phi) is 2.48. The number of carboxylic acids is 1. The molecule has 0 unspecified atom stereocenters. The molecular formula is C10H12N2O2S. The van der Waals surface area contributed by atoms with Crippen molar-refractivity contribution in [3.05, 3.63) is 10.4 Å². The zero-order valence-corrected chi connectivity index (χ0v) is 9.01. The van der Waals surface area contributed by atoms with Crippen LogP contribution in [0.25, 0.3) is 0 Å². The van der Waals surface area contributed by atoms with Crippen LogP contribution in [0.4, 0.5) is 10.7 Å². The number of nitrogen functional groups attached to an aromatic ring is 1. The highest BCUT2D eigenvalue weighted by molar-refractivity contribution is 7.16. The molecule has 0 bridgehead atoms. The second-order valence-corrected chi connectivity index (χ2v) is 4.73. The van der Waals surface area contributed by atoms with Gasteiger partial charge in [-0.05, 0) is 26.0 Å². The molecule has 1 aromatic heterocycles. The topological polar surface area (TPSA) is 75.7 Å². The molecule has 0 spiro atoms. The molecule has 1 heterocycles. The number of aryl methyl sites for hydroxylation is 1. The van der Waals surface area contributed by atoms with E-state index in [-0.39, 0.29) is 0 Å². The smallest absolute Gasteiger partial charge is 0.311 e. The summed E-state index contributed by atoms with van der Waals surface area (Å²) in [6.07, 6.45) is 2.48. The van der Waals surface area contributed by atoms with Crippen molar-refractivity contribution >= 4 is 34.7 Å². The zero-order valence-electron chi connectivity index (χ0n) is 8.19. The number of carboxylic acid groups (broad SMARTS) is 1. The van der Waals surface area contributed by atoms with Crippen molar-refractivity contribution in [1.29, 1.82) is 0 Å². The van der Waals surface area contributed by atoms with Gasteiger partial charge < -0.3 is 10.8 Å². The standard InChI is InChI=1S/C10H12N2O2S/c1-12-8-7-5(10(13)14)3-2-4-6(7)15-9(8)11/h5H,1-4,11H2,(H,13,14)/t5-/m0/s1. The average Bonchev–Trinajstić information content (AvgIpc) is 2.52. The maximum absolute atomic E-state index is 11.1. The van der Waals surface area contributed by atoms with Crippen LogP contribution in [0.5, 0.6) is 0 Å². The SMILES string of the molecule is C=Nc1c(N)sc2c1[C@@H](C(=O)O)CCC2. The van der Waals surface area contributed by atoms with E-state index < -0.39 is 11.9 Å². The minimum absolute atomic E-state index is 0.456. The molecule has 0 saturated heterocycles. The van der Waals surface area contributed by atoms with Crippen molar-refractivity contribution in [3.8, 4) is 0 Å². The van der Waals surface area contributed by atoms with Crippen molar-refractivity contribution in [3.63, 3.8) is 0 Å². The third-order valence-corrected chi connectivity index (χ3v) is 3.81. The van der Waals surface area contributed by atoms with Gasteiger partial charge in [-0.3, -0.25) is 9.79 Å². The Morgan fingerprint density at radius 3 is 3.00 bits per heavy atom. The predicted molar refractivity (Wildman–Crippen MR) is 61.3 cm³/mol. The molecule has 2 rings (SSSR count). The Balaban J connectivity index is 2.57. The van der Waals surface area contributed by atoms with Crippen molar-refractivity contribution in [2.45, 2.75) is 25.2 Å². The average molecular weight is 224 g/mol. The first-order valence-electron chi connectivity index (χ1n) is 4.75. The van der Waals surface area contributed by atoms with E-state index >= 15 is 0 Å². The van der Waals surface area contributed by atoms with E-state index in [0.29, 0.717) is 17.1 Å². The van der Waals surface area contributed by atoms with Gasteiger partial charge in [0.2, 0.25) is 0 Å². The Bertz CT molecular complexity index is 425. The normalized spacial score (nSPS) is 19.6. The largest absolute Gasteiger partial charge is 0.481 e. The van der Waals surface area contributed by atoms with Crippen LogP contribution in [0.15, 0.2) is 4.99 Å². The first-order chi connectivity index (χ1) is 7.15. The van der Waals surface area contributed by atoms with E-state index in [1.54, 1.807) is 0 Å². The molecule has 0 radical (unpaired) electrons. The molecule has 3 N–H and O–H groups in total. The molecule has 1 atom stereocenters. The quantitative estimate of drug-likeness (QED) is 0.756. The second-order valence-electron chi connectivity index (χ2n) is 3.59. The molecule has 0 saturated carbocycles. The molecule has 1 aliphatic carbocycles. The predicted octanol–water partition coefficient (Wildman–Crippen LogP) is 2.17. The zero-order chi connectivity index (χ0) is 11.0. The maximum Gasteiger partial charge on any atom is 0.311 e. The lowest BCUT2D eigenvalue weighted by molar-refractivity contribution is -0.139. The van der Waals surface area contributed by atoms with Crippen LogP contribution in [0.1, 0.15) is 29.2 Å². The molecule has 15 heavy (non-hydrogen) atoms. The van der Waals surface area contributed by atoms with Crippen molar-refractivity contribution in [2.24, 2.45) is 4.99 Å². The molecule has 1 aromatic rings. The number of fused-ring (bicyclic) bond motifs is 1. The number of nitrogens with two attached hydrogens (primary N) is 1. The Hall–Kier alpha value is -1.36. The van der Waals surface area contributed by atoms with Crippen LogP contribution >= 0.6 is 11.3 Å². The van der Waals surface area contributed by atoms with Crippen molar-refractivity contribution < 1.29 is 9.90 Å². The summed E-state index contributed by atoms with van der Waals surface area (Å²) in [5.74, 6) is -1.25. The van der Waals surface area contributed by atoms with E-state index in [0.717, 1.165) is 23.3 Å². The fourth-order valence-corrected chi connectivity index (χ4v) is 3.20. The van der Waals surface area contributed by atoms with E-state index in [1.165, 1.54) is 11.3 Å². The van der Waals surface area contributed by atoms with E-state index in [4.69, 9.17) is 10.8 Å².